The molecule has 0 aromatic rings. The van der Waals surface area contributed by atoms with Crippen LogP contribution in [-0.2, 0) is 4.79 Å². The van der Waals surface area contributed by atoms with Crippen LogP contribution in [0, 0.1) is 5.92 Å². The largest absolute Gasteiger partial charge is 0.389 e. The maximum atomic E-state index is 12.4. The van der Waals surface area contributed by atoms with Gasteiger partial charge in [0.1, 0.15) is 0 Å². The maximum Gasteiger partial charge on any atom is 0.236 e. The van der Waals surface area contributed by atoms with Gasteiger partial charge in [0.25, 0.3) is 0 Å². The molecular weight excluding hydrogens is 234 g/mol. The molecule has 0 aliphatic heterocycles. The van der Waals surface area contributed by atoms with E-state index in [1.807, 2.05) is 6.92 Å². The van der Waals surface area contributed by atoms with Gasteiger partial charge in [-0.1, -0.05) is 20.8 Å². The molecule has 0 heterocycles. The summed E-state index contributed by atoms with van der Waals surface area (Å²) in [5.74, 6) is 1.41. The number of amides is 1. The SMILES string of the molecule is CCSC(C(=O)N(CC)CC(C)(C)O)C(C)C. The molecule has 17 heavy (non-hydrogen) atoms. The second-order valence-electron chi connectivity index (χ2n) is 5.28. The minimum Gasteiger partial charge on any atom is -0.389 e. The van der Waals surface area contributed by atoms with Crippen molar-refractivity contribution in [2.24, 2.45) is 5.92 Å². The summed E-state index contributed by atoms with van der Waals surface area (Å²) in [5.41, 5.74) is -0.829. The van der Waals surface area contributed by atoms with Crippen molar-refractivity contribution < 1.29 is 9.90 Å². The van der Waals surface area contributed by atoms with E-state index in [1.165, 1.54) is 0 Å². The zero-order valence-electron chi connectivity index (χ0n) is 12.0. The first-order valence-electron chi connectivity index (χ1n) is 6.35. The summed E-state index contributed by atoms with van der Waals surface area (Å²) in [6.45, 7) is 12.7. The molecule has 4 heteroatoms. The summed E-state index contributed by atoms with van der Waals surface area (Å²) in [4.78, 5) is 14.1. The van der Waals surface area contributed by atoms with Gasteiger partial charge in [-0.2, -0.15) is 0 Å². The number of nitrogens with zero attached hydrogens (tertiary/aromatic N) is 1. The molecule has 0 saturated heterocycles. The predicted octanol–water partition coefficient (Wildman–Crippen LogP) is 2.38. The molecule has 1 N–H and O–H groups in total. The van der Waals surface area contributed by atoms with Gasteiger partial charge in [0, 0.05) is 13.1 Å². The lowest BCUT2D eigenvalue weighted by Gasteiger charge is -2.32. The molecule has 0 aliphatic carbocycles. The van der Waals surface area contributed by atoms with Crippen LogP contribution < -0.4 is 0 Å². The molecule has 0 aliphatic rings. The standard InChI is InChI=1S/C13H27NO2S/c1-7-14(9-13(5,6)16)12(15)11(10(3)4)17-8-2/h10-11,16H,7-9H2,1-6H3. The Labute approximate surface area is 110 Å². The van der Waals surface area contributed by atoms with E-state index in [-0.39, 0.29) is 11.2 Å². The Kier molecular flexibility index (Phi) is 7.17. The van der Waals surface area contributed by atoms with Crippen LogP contribution in [0.3, 0.4) is 0 Å². The van der Waals surface area contributed by atoms with Gasteiger partial charge in [-0.15, -0.1) is 11.8 Å². The molecule has 0 spiro atoms. The summed E-state index contributed by atoms with van der Waals surface area (Å²) in [6, 6.07) is 0. The fourth-order valence-electron chi connectivity index (χ4n) is 1.72. The van der Waals surface area contributed by atoms with Crippen LogP contribution in [-0.4, -0.2) is 45.6 Å². The fourth-order valence-corrected chi connectivity index (χ4v) is 2.76. The molecule has 0 radical (unpaired) electrons. The number of hydrogen-bond donors (Lipinski definition) is 1. The number of aliphatic hydroxyl groups is 1. The molecule has 1 atom stereocenters. The Bertz CT molecular complexity index is 236. The summed E-state index contributed by atoms with van der Waals surface area (Å²) < 4.78 is 0. The summed E-state index contributed by atoms with van der Waals surface area (Å²) in [5, 5.41) is 9.82. The van der Waals surface area contributed by atoms with Gasteiger partial charge in [0.15, 0.2) is 0 Å². The number of thioether (sulfide) groups is 1. The van der Waals surface area contributed by atoms with Crippen LogP contribution in [0.4, 0.5) is 0 Å². The van der Waals surface area contributed by atoms with Crippen molar-refractivity contribution in [2.45, 2.75) is 52.4 Å². The lowest BCUT2D eigenvalue weighted by molar-refractivity contribution is -0.134. The van der Waals surface area contributed by atoms with Crippen molar-refractivity contribution in [1.82, 2.24) is 4.90 Å². The first kappa shape index (κ1) is 16.8. The van der Waals surface area contributed by atoms with Crippen LogP contribution in [0.1, 0.15) is 41.5 Å². The number of hydrogen-bond acceptors (Lipinski definition) is 3. The number of carbonyl (C=O) groups excluding carboxylic acids is 1. The monoisotopic (exact) mass is 261 g/mol. The van der Waals surface area contributed by atoms with Crippen LogP contribution in [0.25, 0.3) is 0 Å². The fraction of sp³-hybridized carbons (Fsp3) is 0.923. The topological polar surface area (TPSA) is 40.5 Å². The Morgan fingerprint density at radius 2 is 1.88 bits per heavy atom. The van der Waals surface area contributed by atoms with Gasteiger partial charge in [-0.3, -0.25) is 4.79 Å². The third kappa shape index (κ3) is 6.32. The van der Waals surface area contributed by atoms with Crippen molar-refractivity contribution in [2.75, 3.05) is 18.8 Å². The van der Waals surface area contributed by atoms with Crippen molar-refractivity contribution in [1.29, 1.82) is 0 Å². The van der Waals surface area contributed by atoms with Gasteiger partial charge >= 0.3 is 0 Å². The third-order valence-electron chi connectivity index (χ3n) is 2.47. The van der Waals surface area contributed by atoms with Gasteiger partial charge < -0.3 is 10.0 Å². The average molecular weight is 261 g/mol. The van der Waals surface area contributed by atoms with E-state index in [0.29, 0.717) is 19.0 Å². The van der Waals surface area contributed by atoms with Crippen LogP contribution in [0.15, 0.2) is 0 Å². The van der Waals surface area contributed by atoms with Gasteiger partial charge in [-0.05, 0) is 32.4 Å². The van der Waals surface area contributed by atoms with Crippen molar-refractivity contribution in [3.8, 4) is 0 Å². The Hall–Kier alpha value is -0.220. The highest BCUT2D eigenvalue weighted by Gasteiger charge is 2.29. The van der Waals surface area contributed by atoms with E-state index in [9.17, 15) is 9.90 Å². The number of rotatable bonds is 7. The van der Waals surface area contributed by atoms with Gasteiger partial charge in [-0.25, -0.2) is 0 Å². The predicted molar refractivity (Wildman–Crippen MR) is 75.3 cm³/mol. The highest BCUT2D eigenvalue weighted by molar-refractivity contribution is 8.00. The second kappa shape index (κ2) is 7.27. The molecule has 102 valence electrons. The van der Waals surface area contributed by atoms with Crippen LogP contribution >= 0.6 is 11.8 Å². The van der Waals surface area contributed by atoms with E-state index in [0.717, 1.165) is 5.75 Å². The number of carbonyl (C=O) groups is 1. The van der Waals surface area contributed by atoms with E-state index in [2.05, 4.69) is 20.8 Å². The van der Waals surface area contributed by atoms with Gasteiger partial charge in [0.2, 0.25) is 5.91 Å². The molecule has 0 fully saturated rings. The molecule has 0 bridgehead atoms. The second-order valence-corrected chi connectivity index (χ2v) is 6.70. The molecule has 0 rings (SSSR count). The molecule has 1 amide bonds. The van der Waals surface area contributed by atoms with Crippen molar-refractivity contribution in [3.63, 3.8) is 0 Å². The number of likely N-dealkylation sites (N-methyl/N-ethyl adjacent to an activating group) is 1. The lowest BCUT2D eigenvalue weighted by atomic mass is 10.1. The smallest absolute Gasteiger partial charge is 0.236 e. The highest BCUT2D eigenvalue weighted by atomic mass is 32.2. The van der Waals surface area contributed by atoms with E-state index in [4.69, 9.17) is 0 Å². The zero-order chi connectivity index (χ0) is 13.6. The summed E-state index contributed by atoms with van der Waals surface area (Å²) in [7, 11) is 0. The molecule has 0 aromatic carbocycles. The Morgan fingerprint density at radius 3 is 2.18 bits per heavy atom. The summed E-state index contributed by atoms with van der Waals surface area (Å²) >= 11 is 1.69. The van der Waals surface area contributed by atoms with Crippen molar-refractivity contribution >= 4 is 17.7 Å². The Morgan fingerprint density at radius 1 is 1.35 bits per heavy atom. The molecule has 0 aromatic heterocycles. The highest BCUT2D eigenvalue weighted by Crippen LogP contribution is 2.22. The molecule has 0 saturated carbocycles. The van der Waals surface area contributed by atoms with Gasteiger partial charge in [0.05, 0.1) is 10.9 Å². The third-order valence-corrected chi connectivity index (χ3v) is 3.90. The molecule has 3 nitrogen and oxygen atoms in total. The average Bonchev–Trinajstić information content (AvgIpc) is 2.19. The summed E-state index contributed by atoms with van der Waals surface area (Å²) in [6.07, 6.45) is 0. The maximum absolute atomic E-state index is 12.4. The lowest BCUT2D eigenvalue weighted by Crippen LogP contribution is -2.46. The zero-order valence-corrected chi connectivity index (χ0v) is 12.8. The minimum atomic E-state index is -0.829. The van der Waals surface area contributed by atoms with E-state index in [1.54, 1.807) is 30.5 Å². The van der Waals surface area contributed by atoms with Crippen LogP contribution in [0.2, 0.25) is 0 Å². The van der Waals surface area contributed by atoms with Crippen molar-refractivity contribution in [3.05, 3.63) is 0 Å². The molecule has 1 unspecified atom stereocenters. The Balaban J connectivity index is 4.70. The first-order valence-corrected chi connectivity index (χ1v) is 7.40. The first-order chi connectivity index (χ1) is 7.72. The van der Waals surface area contributed by atoms with E-state index < -0.39 is 5.60 Å². The van der Waals surface area contributed by atoms with Crippen LogP contribution in [0.5, 0.6) is 0 Å². The normalized spacial score (nSPS) is 13.9. The molecular formula is C13H27NO2S. The minimum absolute atomic E-state index is 0.00213. The quantitative estimate of drug-likeness (QED) is 0.765. The van der Waals surface area contributed by atoms with E-state index >= 15 is 0 Å².